The Bertz CT molecular complexity index is 1090. The number of aryl methyl sites for hydroxylation is 1. The van der Waals surface area contributed by atoms with Crippen LogP contribution in [0.25, 0.3) is 11.4 Å². The standard InChI is InChI=1S/C20H16N6S/c1-15-18(12-21)19(26(24-15)17-10-6-3-7-11-17)13-27-20-23-22-14-25(20)16-8-4-2-5-9-16/h2-11,14H,13H2,1H3. The highest BCUT2D eigenvalue weighted by atomic mass is 32.2. The summed E-state index contributed by atoms with van der Waals surface area (Å²) in [7, 11) is 0. The number of para-hydroxylation sites is 2. The SMILES string of the molecule is Cc1nn(-c2ccccc2)c(CSc2nncn2-c2ccccc2)c1C#N. The lowest BCUT2D eigenvalue weighted by Crippen LogP contribution is -2.03. The molecule has 4 rings (SSSR count). The van der Waals surface area contributed by atoms with E-state index in [-0.39, 0.29) is 0 Å². The van der Waals surface area contributed by atoms with Crippen molar-refractivity contribution < 1.29 is 0 Å². The Morgan fingerprint density at radius 1 is 1.00 bits per heavy atom. The minimum atomic E-state index is 0.560. The van der Waals surface area contributed by atoms with Gasteiger partial charge in [0.05, 0.1) is 22.6 Å². The molecule has 0 radical (unpaired) electrons. The highest BCUT2D eigenvalue weighted by Crippen LogP contribution is 2.27. The van der Waals surface area contributed by atoms with Crippen molar-refractivity contribution in [2.75, 3.05) is 0 Å². The van der Waals surface area contributed by atoms with E-state index in [9.17, 15) is 5.26 Å². The Kier molecular flexibility index (Phi) is 4.73. The van der Waals surface area contributed by atoms with Crippen molar-refractivity contribution in [2.45, 2.75) is 17.8 Å². The highest BCUT2D eigenvalue weighted by molar-refractivity contribution is 7.98. The first-order valence-electron chi connectivity index (χ1n) is 8.40. The van der Waals surface area contributed by atoms with E-state index < -0.39 is 0 Å². The fourth-order valence-electron chi connectivity index (χ4n) is 2.86. The van der Waals surface area contributed by atoms with E-state index in [1.807, 2.05) is 76.8 Å². The van der Waals surface area contributed by atoms with Gasteiger partial charge in [-0.25, -0.2) is 4.68 Å². The lowest BCUT2D eigenvalue weighted by Gasteiger charge is -2.09. The third-order valence-electron chi connectivity index (χ3n) is 4.16. The summed E-state index contributed by atoms with van der Waals surface area (Å²) < 4.78 is 3.77. The van der Waals surface area contributed by atoms with Gasteiger partial charge in [-0.05, 0) is 31.2 Å². The van der Waals surface area contributed by atoms with Gasteiger partial charge in [-0.2, -0.15) is 10.4 Å². The highest BCUT2D eigenvalue weighted by Gasteiger charge is 2.18. The first-order valence-corrected chi connectivity index (χ1v) is 9.38. The van der Waals surface area contributed by atoms with Crippen LogP contribution >= 0.6 is 11.8 Å². The Morgan fingerprint density at radius 3 is 2.33 bits per heavy atom. The van der Waals surface area contributed by atoms with E-state index in [0.29, 0.717) is 11.3 Å². The minimum absolute atomic E-state index is 0.560. The summed E-state index contributed by atoms with van der Waals surface area (Å²) >= 11 is 1.53. The van der Waals surface area contributed by atoms with Crippen molar-refractivity contribution in [3.05, 3.63) is 83.9 Å². The van der Waals surface area contributed by atoms with Crippen molar-refractivity contribution in [3.8, 4) is 17.4 Å². The van der Waals surface area contributed by atoms with Gasteiger partial charge in [0.15, 0.2) is 5.16 Å². The summed E-state index contributed by atoms with van der Waals surface area (Å²) in [4.78, 5) is 0. The zero-order valence-electron chi connectivity index (χ0n) is 14.6. The van der Waals surface area contributed by atoms with Gasteiger partial charge in [0.25, 0.3) is 0 Å². The summed E-state index contributed by atoms with van der Waals surface area (Å²) in [5.74, 6) is 0.560. The first kappa shape index (κ1) is 17.1. The molecule has 0 fully saturated rings. The maximum Gasteiger partial charge on any atom is 0.195 e. The quantitative estimate of drug-likeness (QED) is 0.496. The van der Waals surface area contributed by atoms with Crippen LogP contribution in [0.5, 0.6) is 0 Å². The normalized spacial score (nSPS) is 10.7. The van der Waals surface area contributed by atoms with Gasteiger partial charge < -0.3 is 0 Å². The summed E-state index contributed by atoms with van der Waals surface area (Å²) in [5, 5.41) is 23.2. The van der Waals surface area contributed by atoms with Crippen LogP contribution in [-0.4, -0.2) is 24.5 Å². The van der Waals surface area contributed by atoms with E-state index in [2.05, 4.69) is 21.4 Å². The molecule has 132 valence electrons. The summed E-state index contributed by atoms with van der Waals surface area (Å²) in [6, 6.07) is 22.1. The number of benzene rings is 2. The van der Waals surface area contributed by atoms with Crippen molar-refractivity contribution >= 4 is 11.8 Å². The first-order chi connectivity index (χ1) is 13.3. The Balaban J connectivity index is 1.67. The Hall–Kier alpha value is -3.37. The molecule has 2 heterocycles. The molecule has 27 heavy (non-hydrogen) atoms. The van der Waals surface area contributed by atoms with Crippen molar-refractivity contribution in [1.29, 1.82) is 5.26 Å². The smallest absolute Gasteiger partial charge is 0.195 e. The van der Waals surface area contributed by atoms with E-state index in [0.717, 1.165) is 27.9 Å². The number of aromatic nitrogens is 5. The molecule has 2 aromatic heterocycles. The second-order valence-corrected chi connectivity index (χ2v) is 6.82. The third-order valence-corrected chi connectivity index (χ3v) is 5.11. The molecule has 7 heteroatoms. The van der Waals surface area contributed by atoms with Crippen LogP contribution in [-0.2, 0) is 5.75 Å². The van der Waals surface area contributed by atoms with Crippen molar-refractivity contribution in [2.24, 2.45) is 0 Å². The molecule has 6 nitrogen and oxygen atoms in total. The number of hydrogen-bond acceptors (Lipinski definition) is 5. The largest absolute Gasteiger partial charge is 0.277 e. The average Bonchev–Trinajstić information content (AvgIpc) is 3.31. The van der Waals surface area contributed by atoms with Gasteiger partial charge in [0.2, 0.25) is 0 Å². The monoisotopic (exact) mass is 372 g/mol. The second-order valence-electron chi connectivity index (χ2n) is 5.87. The molecule has 0 aliphatic carbocycles. The number of hydrogen-bond donors (Lipinski definition) is 0. The number of nitriles is 1. The predicted molar refractivity (Wildman–Crippen MR) is 104 cm³/mol. The molecule has 4 aromatic rings. The summed E-state index contributed by atoms with van der Waals surface area (Å²) in [6.45, 7) is 1.86. The molecule has 0 N–H and O–H groups in total. The van der Waals surface area contributed by atoms with E-state index in [1.165, 1.54) is 11.8 Å². The topological polar surface area (TPSA) is 72.3 Å². The van der Waals surface area contributed by atoms with Crippen molar-refractivity contribution in [1.82, 2.24) is 24.5 Å². The van der Waals surface area contributed by atoms with Crippen LogP contribution in [0.3, 0.4) is 0 Å². The molecule has 0 bridgehead atoms. The van der Waals surface area contributed by atoms with Crippen LogP contribution in [0.15, 0.2) is 72.1 Å². The van der Waals surface area contributed by atoms with E-state index in [4.69, 9.17) is 0 Å². The predicted octanol–water partition coefficient (Wildman–Crippen LogP) is 3.93. The maximum atomic E-state index is 9.60. The van der Waals surface area contributed by atoms with Gasteiger partial charge >= 0.3 is 0 Å². The molecule has 0 unspecified atom stereocenters. The van der Waals surface area contributed by atoms with E-state index in [1.54, 1.807) is 6.33 Å². The van der Waals surface area contributed by atoms with Crippen molar-refractivity contribution in [3.63, 3.8) is 0 Å². The number of nitrogens with zero attached hydrogens (tertiary/aromatic N) is 6. The zero-order valence-corrected chi connectivity index (χ0v) is 15.5. The minimum Gasteiger partial charge on any atom is -0.277 e. The average molecular weight is 372 g/mol. The number of rotatable bonds is 5. The molecule has 0 spiro atoms. The molecular weight excluding hydrogens is 356 g/mol. The second kappa shape index (κ2) is 7.48. The van der Waals surface area contributed by atoms with Gasteiger partial charge in [0.1, 0.15) is 12.4 Å². The lowest BCUT2D eigenvalue weighted by molar-refractivity contribution is 0.825. The fourth-order valence-corrected chi connectivity index (χ4v) is 3.79. The van der Waals surface area contributed by atoms with Gasteiger partial charge in [-0.3, -0.25) is 4.57 Å². The van der Waals surface area contributed by atoms with Crippen LogP contribution in [0.1, 0.15) is 17.0 Å². The molecule has 0 saturated carbocycles. The van der Waals surface area contributed by atoms with Crippen LogP contribution in [0, 0.1) is 18.3 Å². The number of thioether (sulfide) groups is 1. The molecule has 0 amide bonds. The Labute approximate surface area is 161 Å². The van der Waals surface area contributed by atoms with Gasteiger partial charge in [-0.15, -0.1) is 10.2 Å². The van der Waals surface area contributed by atoms with Crippen LogP contribution < -0.4 is 0 Å². The molecule has 0 aliphatic heterocycles. The van der Waals surface area contributed by atoms with E-state index >= 15 is 0 Å². The lowest BCUT2D eigenvalue weighted by atomic mass is 10.2. The molecule has 0 aliphatic rings. The molecule has 0 atom stereocenters. The molecule has 2 aromatic carbocycles. The summed E-state index contributed by atoms with van der Waals surface area (Å²) in [6.07, 6.45) is 1.70. The Morgan fingerprint density at radius 2 is 1.67 bits per heavy atom. The fraction of sp³-hybridized carbons (Fsp3) is 0.100. The van der Waals surface area contributed by atoms with Crippen LogP contribution in [0.2, 0.25) is 0 Å². The summed E-state index contributed by atoms with van der Waals surface area (Å²) in [5.41, 5.74) is 4.12. The molecular formula is C20H16N6S. The van der Waals surface area contributed by atoms with Crippen LogP contribution in [0.4, 0.5) is 0 Å². The maximum absolute atomic E-state index is 9.60. The van der Waals surface area contributed by atoms with Gasteiger partial charge in [-0.1, -0.05) is 48.2 Å². The zero-order chi connectivity index (χ0) is 18.6. The van der Waals surface area contributed by atoms with Gasteiger partial charge in [0, 0.05) is 11.4 Å². The molecule has 0 saturated heterocycles. The third kappa shape index (κ3) is 3.35.